The standard InChI is InChI=1S/C16H18BrNO3S/c1-21-16-12(4-3-5-15(16)17)10-11-18-13-6-8-14(9-7-13)22(2,19)20/h3-9,18H,10-11H2,1-2H3. The largest absolute Gasteiger partial charge is 0.495 e. The van der Waals surface area contributed by atoms with E-state index in [0.29, 0.717) is 4.90 Å². The fraction of sp³-hybridized carbons (Fsp3) is 0.250. The van der Waals surface area contributed by atoms with E-state index in [1.165, 1.54) is 6.26 Å². The first-order valence-electron chi connectivity index (χ1n) is 6.77. The van der Waals surface area contributed by atoms with Crippen LogP contribution in [0, 0.1) is 0 Å². The molecule has 0 aliphatic heterocycles. The first kappa shape index (κ1) is 16.8. The number of para-hydroxylation sites is 1. The van der Waals surface area contributed by atoms with Crippen LogP contribution < -0.4 is 10.1 Å². The van der Waals surface area contributed by atoms with Crippen molar-refractivity contribution >= 4 is 31.5 Å². The van der Waals surface area contributed by atoms with Crippen LogP contribution in [0.1, 0.15) is 5.56 Å². The summed E-state index contributed by atoms with van der Waals surface area (Å²) in [6, 6.07) is 12.7. The summed E-state index contributed by atoms with van der Waals surface area (Å²) in [5.41, 5.74) is 2.00. The summed E-state index contributed by atoms with van der Waals surface area (Å²) < 4.78 is 29.1. The SMILES string of the molecule is COc1c(Br)cccc1CCNc1ccc(S(C)(=O)=O)cc1. The molecule has 0 saturated heterocycles. The van der Waals surface area contributed by atoms with Gasteiger partial charge >= 0.3 is 0 Å². The fourth-order valence-electron chi connectivity index (χ4n) is 2.14. The van der Waals surface area contributed by atoms with Gasteiger partial charge in [0.15, 0.2) is 9.84 Å². The molecule has 2 rings (SSSR count). The minimum absolute atomic E-state index is 0.326. The quantitative estimate of drug-likeness (QED) is 0.828. The molecule has 4 nitrogen and oxygen atoms in total. The molecule has 1 N–H and O–H groups in total. The van der Waals surface area contributed by atoms with Crippen LogP contribution in [0.2, 0.25) is 0 Å². The van der Waals surface area contributed by atoms with Gasteiger partial charge in [-0.25, -0.2) is 8.42 Å². The van der Waals surface area contributed by atoms with Crippen molar-refractivity contribution in [3.8, 4) is 5.75 Å². The number of nitrogens with one attached hydrogen (secondary N) is 1. The second-order valence-electron chi connectivity index (χ2n) is 4.91. The fourth-order valence-corrected chi connectivity index (χ4v) is 3.34. The predicted molar refractivity (Wildman–Crippen MR) is 92.4 cm³/mol. The predicted octanol–water partition coefficient (Wildman–Crippen LogP) is 3.52. The molecule has 22 heavy (non-hydrogen) atoms. The molecule has 0 spiro atoms. The highest BCUT2D eigenvalue weighted by Crippen LogP contribution is 2.29. The number of methoxy groups -OCH3 is 1. The molecule has 0 aliphatic carbocycles. The van der Waals surface area contributed by atoms with Crippen LogP contribution >= 0.6 is 15.9 Å². The van der Waals surface area contributed by atoms with Crippen molar-refractivity contribution in [1.82, 2.24) is 0 Å². The monoisotopic (exact) mass is 383 g/mol. The van der Waals surface area contributed by atoms with E-state index in [0.717, 1.165) is 34.4 Å². The second-order valence-corrected chi connectivity index (χ2v) is 7.78. The number of halogens is 1. The van der Waals surface area contributed by atoms with Crippen LogP contribution in [0.25, 0.3) is 0 Å². The Morgan fingerprint density at radius 1 is 1.14 bits per heavy atom. The van der Waals surface area contributed by atoms with Gasteiger partial charge in [0.1, 0.15) is 5.75 Å². The van der Waals surface area contributed by atoms with E-state index in [9.17, 15) is 8.42 Å². The van der Waals surface area contributed by atoms with E-state index in [1.54, 1.807) is 31.4 Å². The van der Waals surface area contributed by atoms with E-state index in [4.69, 9.17) is 4.74 Å². The van der Waals surface area contributed by atoms with E-state index in [-0.39, 0.29) is 0 Å². The number of ether oxygens (including phenoxy) is 1. The summed E-state index contributed by atoms with van der Waals surface area (Å²) in [7, 11) is -1.49. The van der Waals surface area contributed by atoms with Crippen molar-refractivity contribution < 1.29 is 13.2 Å². The third-order valence-corrected chi connectivity index (χ3v) is 5.01. The maximum atomic E-state index is 11.4. The van der Waals surface area contributed by atoms with Crippen molar-refractivity contribution in [2.24, 2.45) is 0 Å². The van der Waals surface area contributed by atoms with Gasteiger partial charge in [-0.1, -0.05) is 12.1 Å². The summed E-state index contributed by atoms with van der Waals surface area (Å²) in [4.78, 5) is 0.326. The van der Waals surface area contributed by atoms with Gasteiger partial charge in [-0.05, 0) is 58.2 Å². The van der Waals surface area contributed by atoms with Crippen LogP contribution in [0.15, 0.2) is 51.8 Å². The molecule has 0 bridgehead atoms. The molecule has 0 fully saturated rings. The third-order valence-electron chi connectivity index (χ3n) is 3.26. The molecule has 0 radical (unpaired) electrons. The Balaban J connectivity index is 1.98. The zero-order valence-corrected chi connectivity index (χ0v) is 14.9. The summed E-state index contributed by atoms with van der Waals surface area (Å²) in [6.45, 7) is 0.727. The minimum Gasteiger partial charge on any atom is -0.495 e. The van der Waals surface area contributed by atoms with Gasteiger partial charge < -0.3 is 10.1 Å². The van der Waals surface area contributed by atoms with Gasteiger partial charge in [0.05, 0.1) is 16.5 Å². The Morgan fingerprint density at radius 3 is 2.41 bits per heavy atom. The lowest BCUT2D eigenvalue weighted by molar-refractivity contribution is 0.407. The summed E-state index contributed by atoms with van der Waals surface area (Å²) >= 11 is 3.47. The molecule has 6 heteroatoms. The lowest BCUT2D eigenvalue weighted by atomic mass is 10.1. The van der Waals surface area contributed by atoms with E-state index in [1.807, 2.05) is 18.2 Å². The maximum absolute atomic E-state index is 11.4. The molecular formula is C16H18BrNO3S. The number of hydrogen-bond donors (Lipinski definition) is 1. The number of anilines is 1. The van der Waals surface area contributed by atoms with Gasteiger partial charge in [0, 0.05) is 18.5 Å². The Labute approximate surface area is 139 Å². The zero-order chi connectivity index (χ0) is 16.2. The molecule has 2 aromatic carbocycles. The Morgan fingerprint density at radius 2 is 1.82 bits per heavy atom. The van der Waals surface area contributed by atoms with Crippen molar-refractivity contribution in [2.45, 2.75) is 11.3 Å². The summed E-state index contributed by atoms with van der Waals surface area (Å²) in [5, 5.41) is 3.28. The number of hydrogen-bond acceptors (Lipinski definition) is 4. The van der Waals surface area contributed by atoms with Gasteiger partial charge in [0.25, 0.3) is 0 Å². The van der Waals surface area contributed by atoms with Gasteiger partial charge in [-0.2, -0.15) is 0 Å². The van der Waals surface area contributed by atoms with E-state index < -0.39 is 9.84 Å². The molecule has 0 saturated carbocycles. The van der Waals surface area contributed by atoms with Crippen LogP contribution in [-0.2, 0) is 16.3 Å². The van der Waals surface area contributed by atoms with Crippen molar-refractivity contribution in [3.63, 3.8) is 0 Å². The number of sulfone groups is 1. The number of benzene rings is 2. The minimum atomic E-state index is -3.15. The van der Waals surface area contributed by atoms with Gasteiger partial charge in [0.2, 0.25) is 0 Å². The lowest BCUT2D eigenvalue weighted by Crippen LogP contribution is -2.06. The van der Waals surface area contributed by atoms with Gasteiger partial charge in [-0.3, -0.25) is 0 Å². The molecule has 0 unspecified atom stereocenters. The van der Waals surface area contributed by atoms with Crippen molar-refractivity contribution in [2.75, 3.05) is 25.2 Å². The Bertz CT molecular complexity index is 742. The van der Waals surface area contributed by atoms with Crippen molar-refractivity contribution in [3.05, 3.63) is 52.5 Å². The van der Waals surface area contributed by atoms with Crippen LogP contribution in [0.4, 0.5) is 5.69 Å². The lowest BCUT2D eigenvalue weighted by Gasteiger charge is -2.11. The third kappa shape index (κ3) is 4.24. The average molecular weight is 384 g/mol. The van der Waals surface area contributed by atoms with Crippen molar-refractivity contribution in [1.29, 1.82) is 0 Å². The Hall–Kier alpha value is -1.53. The second kappa shape index (κ2) is 7.15. The normalized spacial score (nSPS) is 11.2. The molecular weight excluding hydrogens is 366 g/mol. The van der Waals surface area contributed by atoms with Gasteiger partial charge in [-0.15, -0.1) is 0 Å². The first-order chi connectivity index (χ1) is 10.4. The molecule has 0 amide bonds. The molecule has 0 heterocycles. The van der Waals surface area contributed by atoms with Crippen LogP contribution in [0.3, 0.4) is 0 Å². The highest BCUT2D eigenvalue weighted by Gasteiger charge is 2.07. The average Bonchev–Trinajstić information content (AvgIpc) is 2.47. The van der Waals surface area contributed by atoms with E-state index in [2.05, 4.69) is 21.2 Å². The molecule has 0 atom stereocenters. The van der Waals surface area contributed by atoms with Crippen LogP contribution in [-0.4, -0.2) is 28.3 Å². The summed E-state index contributed by atoms with van der Waals surface area (Å²) in [5.74, 6) is 0.844. The highest BCUT2D eigenvalue weighted by atomic mass is 79.9. The first-order valence-corrected chi connectivity index (χ1v) is 9.45. The summed E-state index contributed by atoms with van der Waals surface area (Å²) in [6.07, 6.45) is 2.01. The molecule has 0 aromatic heterocycles. The topological polar surface area (TPSA) is 55.4 Å². The van der Waals surface area contributed by atoms with E-state index >= 15 is 0 Å². The highest BCUT2D eigenvalue weighted by molar-refractivity contribution is 9.10. The smallest absolute Gasteiger partial charge is 0.175 e. The Kier molecular flexibility index (Phi) is 5.47. The molecule has 0 aliphatic rings. The zero-order valence-electron chi connectivity index (χ0n) is 12.5. The van der Waals surface area contributed by atoms with Crippen LogP contribution in [0.5, 0.6) is 5.75 Å². The maximum Gasteiger partial charge on any atom is 0.175 e. The molecule has 2 aromatic rings. The molecule has 118 valence electrons. The number of rotatable bonds is 6.